The van der Waals surface area contributed by atoms with Crippen molar-refractivity contribution in [2.24, 2.45) is 0 Å². The van der Waals surface area contributed by atoms with Gasteiger partial charge in [-0.2, -0.15) is 0 Å². The molecule has 0 spiro atoms. The first-order valence-corrected chi connectivity index (χ1v) is 8.63. The van der Waals surface area contributed by atoms with Gasteiger partial charge in [0.15, 0.2) is 0 Å². The van der Waals surface area contributed by atoms with Gasteiger partial charge in [-0.3, -0.25) is 0 Å². The van der Waals surface area contributed by atoms with Crippen LogP contribution in [0.1, 0.15) is 16.7 Å². The van der Waals surface area contributed by atoms with Crippen LogP contribution in [0, 0.1) is 13.8 Å². The van der Waals surface area contributed by atoms with Crippen LogP contribution in [0.15, 0.2) is 41.3 Å². The average molecular weight is 335 g/mol. The molecule has 2 aromatic rings. The van der Waals surface area contributed by atoms with E-state index in [9.17, 15) is 8.42 Å². The SMILES string of the molecule is COc1ccc(OC)c(S(=O)(=O)NCc2cc(C)ccc2C)c1. The van der Waals surface area contributed by atoms with Gasteiger partial charge < -0.3 is 9.47 Å². The minimum atomic E-state index is -3.72. The van der Waals surface area contributed by atoms with Crippen molar-refractivity contribution in [3.8, 4) is 11.5 Å². The Kier molecular flexibility index (Phi) is 5.28. The van der Waals surface area contributed by atoms with Gasteiger partial charge in [0.25, 0.3) is 0 Å². The fraction of sp³-hybridized carbons (Fsp3) is 0.294. The van der Waals surface area contributed by atoms with Crippen LogP contribution in [0.2, 0.25) is 0 Å². The molecular formula is C17H21NO4S. The van der Waals surface area contributed by atoms with Crippen LogP contribution < -0.4 is 14.2 Å². The van der Waals surface area contributed by atoms with Crippen molar-refractivity contribution in [2.45, 2.75) is 25.3 Å². The van der Waals surface area contributed by atoms with Gasteiger partial charge in [-0.1, -0.05) is 23.8 Å². The Bertz CT molecular complexity index is 800. The number of rotatable bonds is 6. The molecule has 1 N–H and O–H groups in total. The summed E-state index contributed by atoms with van der Waals surface area (Å²) >= 11 is 0. The predicted octanol–water partition coefficient (Wildman–Crippen LogP) is 2.80. The number of methoxy groups -OCH3 is 2. The summed E-state index contributed by atoms with van der Waals surface area (Å²) in [6.07, 6.45) is 0. The summed E-state index contributed by atoms with van der Waals surface area (Å²) in [4.78, 5) is 0.0599. The largest absolute Gasteiger partial charge is 0.497 e. The average Bonchev–Trinajstić information content (AvgIpc) is 2.55. The summed E-state index contributed by atoms with van der Waals surface area (Å²) < 4.78 is 38.1. The molecule has 0 aliphatic rings. The zero-order valence-corrected chi connectivity index (χ0v) is 14.5. The number of ether oxygens (including phenoxy) is 2. The first-order chi connectivity index (χ1) is 10.9. The molecular weight excluding hydrogens is 314 g/mol. The fourth-order valence-corrected chi connectivity index (χ4v) is 3.42. The van der Waals surface area contributed by atoms with Crippen LogP contribution in [0.4, 0.5) is 0 Å². The van der Waals surface area contributed by atoms with E-state index in [1.54, 1.807) is 12.1 Å². The molecule has 0 unspecified atom stereocenters. The van der Waals surface area contributed by atoms with E-state index in [0.717, 1.165) is 16.7 Å². The maximum atomic E-state index is 12.6. The van der Waals surface area contributed by atoms with E-state index >= 15 is 0 Å². The van der Waals surface area contributed by atoms with Gasteiger partial charge in [0.05, 0.1) is 14.2 Å². The molecule has 0 atom stereocenters. The highest BCUT2D eigenvalue weighted by Gasteiger charge is 2.20. The van der Waals surface area contributed by atoms with E-state index in [-0.39, 0.29) is 17.2 Å². The third kappa shape index (κ3) is 4.03. The Morgan fingerprint density at radius 3 is 2.39 bits per heavy atom. The number of hydrogen-bond donors (Lipinski definition) is 1. The summed E-state index contributed by atoms with van der Waals surface area (Å²) in [7, 11) is -0.795. The van der Waals surface area contributed by atoms with Crippen molar-refractivity contribution >= 4 is 10.0 Å². The number of aryl methyl sites for hydroxylation is 2. The number of hydrogen-bond acceptors (Lipinski definition) is 4. The van der Waals surface area contributed by atoms with E-state index in [4.69, 9.17) is 9.47 Å². The van der Waals surface area contributed by atoms with Gasteiger partial charge in [-0.25, -0.2) is 13.1 Å². The molecule has 23 heavy (non-hydrogen) atoms. The molecule has 0 aromatic heterocycles. The number of sulfonamides is 1. The van der Waals surface area contributed by atoms with Crippen LogP contribution in [0.5, 0.6) is 11.5 Å². The zero-order chi connectivity index (χ0) is 17.0. The minimum absolute atomic E-state index is 0.0599. The molecule has 5 nitrogen and oxygen atoms in total. The molecule has 0 aliphatic carbocycles. The predicted molar refractivity (Wildman–Crippen MR) is 89.5 cm³/mol. The Labute approximate surface area is 137 Å². The van der Waals surface area contributed by atoms with E-state index in [1.807, 2.05) is 32.0 Å². The molecule has 124 valence electrons. The second kappa shape index (κ2) is 7.02. The Hall–Kier alpha value is -2.05. The molecule has 2 rings (SSSR count). The normalized spacial score (nSPS) is 11.3. The maximum absolute atomic E-state index is 12.6. The van der Waals surface area contributed by atoms with Crippen molar-refractivity contribution in [1.29, 1.82) is 0 Å². The zero-order valence-electron chi connectivity index (χ0n) is 13.7. The molecule has 0 aliphatic heterocycles. The highest BCUT2D eigenvalue weighted by molar-refractivity contribution is 7.89. The van der Waals surface area contributed by atoms with Gasteiger partial charge in [0.2, 0.25) is 10.0 Å². The van der Waals surface area contributed by atoms with E-state index in [1.165, 1.54) is 20.3 Å². The van der Waals surface area contributed by atoms with Gasteiger partial charge in [-0.15, -0.1) is 0 Å². The standard InChI is InChI=1S/C17H21NO4S/c1-12-5-6-13(2)14(9-12)11-18-23(19,20)17-10-15(21-3)7-8-16(17)22-4/h5-10,18H,11H2,1-4H3. The van der Waals surface area contributed by atoms with E-state index < -0.39 is 10.0 Å². The highest BCUT2D eigenvalue weighted by atomic mass is 32.2. The smallest absolute Gasteiger partial charge is 0.244 e. The lowest BCUT2D eigenvalue weighted by Gasteiger charge is -2.13. The van der Waals surface area contributed by atoms with Crippen molar-refractivity contribution in [2.75, 3.05) is 14.2 Å². The second-order valence-corrected chi connectivity index (χ2v) is 7.01. The topological polar surface area (TPSA) is 64.6 Å². The van der Waals surface area contributed by atoms with Crippen LogP contribution in [-0.2, 0) is 16.6 Å². The monoisotopic (exact) mass is 335 g/mol. The van der Waals surface area contributed by atoms with E-state index in [2.05, 4.69) is 4.72 Å². The number of nitrogens with one attached hydrogen (secondary N) is 1. The molecule has 0 amide bonds. The third-order valence-electron chi connectivity index (χ3n) is 3.62. The molecule has 0 saturated carbocycles. The molecule has 0 fully saturated rings. The van der Waals surface area contributed by atoms with Crippen LogP contribution in [0.3, 0.4) is 0 Å². The van der Waals surface area contributed by atoms with Gasteiger partial charge in [0.1, 0.15) is 16.4 Å². The van der Waals surface area contributed by atoms with Crippen molar-refractivity contribution in [3.05, 3.63) is 53.1 Å². The van der Waals surface area contributed by atoms with Gasteiger partial charge in [0, 0.05) is 12.6 Å². The Morgan fingerprint density at radius 1 is 1.00 bits per heavy atom. The maximum Gasteiger partial charge on any atom is 0.244 e. The lowest BCUT2D eigenvalue weighted by Crippen LogP contribution is -2.24. The molecule has 6 heteroatoms. The van der Waals surface area contributed by atoms with Gasteiger partial charge in [-0.05, 0) is 37.1 Å². The number of benzene rings is 2. The second-order valence-electron chi connectivity index (χ2n) is 5.27. The summed E-state index contributed by atoms with van der Waals surface area (Å²) in [6.45, 7) is 4.15. The first-order valence-electron chi connectivity index (χ1n) is 7.15. The van der Waals surface area contributed by atoms with Crippen molar-refractivity contribution in [3.63, 3.8) is 0 Å². The molecule has 2 aromatic carbocycles. The van der Waals surface area contributed by atoms with Crippen molar-refractivity contribution < 1.29 is 17.9 Å². The summed E-state index contributed by atoms with van der Waals surface area (Å²) in [5, 5.41) is 0. The molecule has 0 heterocycles. The lowest BCUT2D eigenvalue weighted by molar-refractivity contribution is 0.392. The molecule has 0 radical (unpaired) electrons. The van der Waals surface area contributed by atoms with Crippen LogP contribution in [-0.4, -0.2) is 22.6 Å². The molecule has 0 saturated heterocycles. The van der Waals surface area contributed by atoms with Crippen LogP contribution in [0.25, 0.3) is 0 Å². The Balaban J connectivity index is 2.30. The summed E-state index contributed by atoms with van der Waals surface area (Å²) in [5.74, 6) is 0.733. The Morgan fingerprint density at radius 2 is 1.74 bits per heavy atom. The lowest BCUT2D eigenvalue weighted by atomic mass is 10.1. The summed E-state index contributed by atoms with van der Waals surface area (Å²) in [6, 6.07) is 10.6. The third-order valence-corrected chi connectivity index (χ3v) is 5.04. The van der Waals surface area contributed by atoms with Crippen LogP contribution >= 0.6 is 0 Å². The highest BCUT2D eigenvalue weighted by Crippen LogP contribution is 2.28. The van der Waals surface area contributed by atoms with Gasteiger partial charge >= 0.3 is 0 Å². The van der Waals surface area contributed by atoms with Crippen molar-refractivity contribution in [1.82, 2.24) is 4.72 Å². The minimum Gasteiger partial charge on any atom is -0.497 e. The summed E-state index contributed by atoms with van der Waals surface area (Å²) in [5.41, 5.74) is 3.06. The van der Waals surface area contributed by atoms with E-state index in [0.29, 0.717) is 5.75 Å². The first kappa shape index (κ1) is 17.3. The quantitative estimate of drug-likeness (QED) is 0.882. The molecule has 0 bridgehead atoms. The fourth-order valence-electron chi connectivity index (χ4n) is 2.24.